The van der Waals surface area contributed by atoms with Gasteiger partial charge in [-0.3, -0.25) is 0 Å². The van der Waals surface area contributed by atoms with E-state index in [-0.39, 0.29) is 19.4 Å². The lowest BCUT2D eigenvalue weighted by molar-refractivity contribution is -0.162. The Morgan fingerprint density at radius 2 is 1.78 bits per heavy atom. The largest absolute Gasteiger partial charge is 0.487 e. The zero-order chi connectivity index (χ0) is 18.7. The van der Waals surface area contributed by atoms with E-state index in [4.69, 9.17) is 9.57 Å². The summed E-state index contributed by atoms with van der Waals surface area (Å²) in [5, 5.41) is 15.8. The van der Waals surface area contributed by atoms with E-state index in [9.17, 15) is 9.90 Å². The van der Waals surface area contributed by atoms with Crippen molar-refractivity contribution in [3.8, 4) is 5.75 Å². The third-order valence-corrected chi connectivity index (χ3v) is 4.71. The number of nitrogens with zero attached hydrogens (tertiary/aromatic N) is 1. The smallest absolute Gasteiger partial charge is 0.351 e. The second kappa shape index (κ2) is 7.11. The van der Waals surface area contributed by atoms with Crippen LogP contribution in [0.3, 0.4) is 0 Å². The van der Waals surface area contributed by atoms with E-state index < -0.39 is 11.6 Å². The van der Waals surface area contributed by atoms with Crippen LogP contribution in [0.15, 0.2) is 78.0 Å². The molecule has 4 rings (SSSR count). The van der Waals surface area contributed by atoms with Gasteiger partial charge in [0.05, 0.1) is 5.71 Å². The van der Waals surface area contributed by atoms with Crippen LogP contribution >= 0.6 is 0 Å². The van der Waals surface area contributed by atoms with Gasteiger partial charge in [-0.05, 0) is 17.0 Å². The first-order valence-electron chi connectivity index (χ1n) is 8.78. The molecule has 5 heteroatoms. The summed E-state index contributed by atoms with van der Waals surface area (Å²) in [7, 11) is 0. The predicted molar refractivity (Wildman–Crippen MR) is 103 cm³/mol. The Balaban J connectivity index is 1.47. The van der Waals surface area contributed by atoms with Gasteiger partial charge in [0.25, 0.3) is 0 Å². The van der Waals surface area contributed by atoms with Gasteiger partial charge in [0.2, 0.25) is 5.60 Å². The molecule has 1 atom stereocenters. The highest BCUT2D eigenvalue weighted by molar-refractivity contribution is 5.94. The normalized spacial score (nSPS) is 18.7. The van der Waals surface area contributed by atoms with Crippen LogP contribution in [0, 0.1) is 0 Å². The summed E-state index contributed by atoms with van der Waals surface area (Å²) < 4.78 is 5.92. The molecule has 1 heterocycles. The van der Waals surface area contributed by atoms with Crippen LogP contribution < -0.4 is 4.74 Å². The number of benzene rings is 3. The number of fused-ring (bicyclic) bond motifs is 1. The Hall–Kier alpha value is -3.34. The summed E-state index contributed by atoms with van der Waals surface area (Å²) in [6.07, 6.45) is 0.451. The lowest BCUT2D eigenvalue weighted by Gasteiger charge is -2.21. The van der Waals surface area contributed by atoms with Crippen LogP contribution in [0.5, 0.6) is 5.75 Å². The quantitative estimate of drug-likeness (QED) is 0.719. The summed E-state index contributed by atoms with van der Waals surface area (Å²) in [6, 6.07) is 23.2. The fourth-order valence-electron chi connectivity index (χ4n) is 3.32. The number of hydrogen-bond donors (Lipinski definition) is 1. The van der Waals surface area contributed by atoms with E-state index in [1.165, 1.54) is 0 Å². The molecule has 0 aromatic heterocycles. The molecule has 0 radical (unpaired) electrons. The second-order valence-electron chi connectivity index (χ2n) is 6.65. The van der Waals surface area contributed by atoms with Crippen LogP contribution in [0.4, 0.5) is 0 Å². The van der Waals surface area contributed by atoms with Crippen molar-refractivity contribution in [3.05, 3.63) is 78.4 Å². The summed E-state index contributed by atoms with van der Waals surface area (Å²) in [4.78, 5) is 17.3. The maximum atomic E-state index is 11.9. The minimum Gasteiger partial charge on any atom is -0.487 e. The molecule has 0 amide bonds. The van der Waals surface area contributed by atoms with Crippen LogP contribution in [0.2, 0.25) is 0 Å². The Morgan fingerprint density at radius 1 is 1.04 bits per heavy atom. The number of carboxylic acids is 1. The number of carboxylic acid groups (broad SMARTS) is 1. The van der Waals surface area contributed by atoms with E-state index in [0.29, 0.717) is 5.71 Å². The summed E-state index contributed by atoms with van der Waals surface area (Å²) in [5.74, 6) is -0.276. The molecule has 0 bridgehead atoms. The van der Waals surface area contributed by atoms with Crippen molar-refractivity contribution < 1.29 is 19.5 Å². The molecule has 3 aromatic carbocycles. The van der Waals surface area contributed by atoms with Gasteiger partial charge < -0.3 is 14.7 Å². The van der Waals surface area contributed by atoms with E-state index in [1.807, 2.05) is 72.8 Å². The third-order valence-electron chi connectivity index (χ3n) is 4.71. The van der Waals surface area contributed by atoms with Gasteiger partial charge in [0, 0.05) is 18.2 Å². The number of oxime groups is 1. The molecule has 5 nitrogen and oxygen atoms in total. The molecule has 1 N–H and O–H groups in total. The second-order valence-corrected chi connectivity index (χ2v) is 6.65. The molecule has 0 spiro atoms. The van der Waals surface area contributed by atoms with E-state index >= 15 is 0 Å². The standard InChI is InChI=1S/C22H19NO4/c24-21(25)22(13-16-7-2-1-3-8-16)14-18(23-27-22)15-26-20-12-6-10-17-9-4-5-11-19(17)20/h1-12H,13-15H2,(H,24,25). The molecule has 1 aliphatic rings. The Bertz CT molecular complexity index is 994. The van der Waals surface area contributed by atoms with E-state index in [2.05, 4.69) is 5.16 Å². The summed E-state index contributed by atoms with van der Waals surface area (Å²) in [6.45, 7) is 0.192. The third kappa shape index (κ3) is 3.49. The average Bonchev–Trinajstić information content (AvgIpc) is 3.11. The number of ether oxygens (including phenoxy) is 1. The van der Waals surface area contributed by atoms with Crippen molar-refractivity contribution >= 4 is 22.5 Å². The van der Waals surface area contributed by atoms with Crippen LogP contribution in [0.1, 0.15) is 12.0 Å². The van der Waals surface area contributed by atoms with Gasteiger partial charge in [-0.25, -0.2) is 4.79 Å². The fourth-order valence-corrected chi connectivity index (χ4v) is 3.32. The van der Waals surface area contributed by atoms with E-state index in [1.54, 1.807) is 0 Å². The molecule has 3 aromatic rings. The van der Waals surface area contributed by atoms with Gasteiger partial charge in [0.15, 0.2) is 0 Å². The summed E-state index contributed by atoms with van der Waals surface area (Å²) >= 11 is 0. The minimum atomic E-state index is -1.38. The van der Waals surface area contributed by atoms with Crippen molar-refractivity contribution in [2.24, 2.45) is 5.16 Å². The van der Waals surface area contributed by atoms with Crippen molar-refractivity contribution in [2.45, 2.75) is 18.4 Å². The fraction of sp³-hybridized carbons (Fsp3) is 0.182. The Kier molecular flexibility index (Phi) is 4.50. The molecule has 0 saturated heterocycles. The van der Waals surface area contributed by atoms with Gasteiger partial charge in [-0.15, -0.1) is 0 Å². The molecule has 27 heavy (non-hydrogen) atoms. The van der Waals surface area contributed by atoms with Crippen molar-refractivity contribution in [1.29, 1.82) is 0 Å². The van der Waals surface area contributed by atoms with Crippen LogP contribution in [-0.2, 0) is 16.1 Å². The first-order chi connectivity index (χ1) is 13.2. The first kappa shape index (κ1) is 17.1. The Labute approximate surface area is 156 Å². The topological polar surface area (TPSA) is 68.1 Å². The SMILES string of the molecule is O=C(O)C1(Cc2ccccc2)CC(COc2cccc3ccccc23)=NO1. The van der Waals surface area contributed by atoms with Crippen LogP contribution in [-0.4, -0.2) is 29.0 Å². The lowest BCUT2D eigenvalue weighted by Crippen LogP contribution is -2.41. The molecule has 1 aliphatic heterocycles. The zero-order valence-corrected chi connectivity index (χ0v) is 14.7. The van der Waals surface area contributed by atoms with Crippen molar-refractivity contribution in [2.75, 3.05) is 6.61 Å². The molecular weight excluding hydrogens is 342 g/mol. The van der Waals surface area contributed by atoms with Gasteiger partial charge in [0.1, 0.15) is 12.4 Å². The minimum absolute atomic E-state index is 0.192. The maximum absolute atomic E-state index is 11.9. The number of aliphatic carboxylic acids is 1. The molecular formula is C22H19NO4. The number of rotatable bonds is 6. The molecule has 136 valence electrons. The highest BCUT2D eigenvalue weighted by atomic mass is 16.7. The number of hydrogen-bond acceptors (Lipinski definition) is 4. The van der Waals surface area contributed by atoms with Crippen LogP contribution in [0.25, 0.3) is 10.8 Å². The predicted octanol–water partition coefficient (Wildman–Crippen LogP) is 4.06. The number of carbonyl (C=O) groups is 1. The monoisotopic (exact) mass is 361 g/mol. The summed E-state index contributed by atoms with van der Waals surface area (Å²) in [5.41, 5.74) is 0.103. The van der Waals surface area contributed by atoms with Gasteiger partial charge in [-0.2, -0.15) is 0 Å². The van der Waals surface area contributed by atoms with Gasteiger partial charge >= 0.3 is 5.97 Å². The van der Waals surface area contributed by atoms with Gasteiger partial charge in [-0.1, -0.05) is 71.9 Å². The van der Waals surface area contributed by atoms with E-state index in [0.717, 1.165) is 22.1 Å². The maximum Gasteiger partial charge on any atom is 0.351 e. The lowest BCUT2D eigenvalue weighted by atomic mass is 9.90. The molecule has 0 fully saturated rings. The molecule has 0 saturated carbocycles. The highest BCUT2D eigenvalue weighted by Gasteiger charge is 2.47. The average molecular weight is 361 g/mol. The molecule has 0 aliphatic carbocycles. The molecule has 1 unspecified atom stereocenters. The van der Waals surface area contributed by atoms with Crippen molar-refractivity contribution in [3.63, 3.8) is 0 Å². The zero-order valence-electron chi connectivity index (χ0n) is 14.7. The highest BCUT2D eigenvalue weighted by Crippen LogP contribution is 2.30. The Morgan fingerprint density at radius 3 is 2.59 bits per heavy atom. The first-order valence-corrected chi connectivity index (χ1v) is 8.78. The van der Waals surface area contributed by atoms with Crippen molar-refractivity contribution in [1.82, 2.24) is 0 Å².